The molecule has 106 valence electrons. The van der Waals surface area contributed by atoms with Gasteiger partial charge in [-0.2, -0.15) is 0 Å². The van der Waals surface area contributed by atoms with Gasteiger partial charge in [0.25, 0.3) is 0 Å². The summed E-state index contributed by atoms with van der Waals surface area (Å²) in [5, 5.41) is 3.43. The van der Waals surface area contributed by atoms with Crippen LogP contribution in [0.5, 0.6) is 0 Å². The summed E-state index contributed by atoms with van der Waals surface area (Å²) >= 11 is 7.74. The van der Waals surface area contributed by atoms with E-state index in [1.165, 1.54) is 9.75 Å². The highest BCUT2D eigenvalue weighted by molar-refractivity contribution is 7.11. The van der Waals surface area contributed by atoms with Crippen LogP contribution in [-0.2, 0) is 6.42 Å². The molecule has 0 amide bonds. The number of aryl methyl sites for hydroxylation is 2. The number of carbonyl (C=O) groups excluding carboxylic acids is 1. The standard InChI is InChI=1S/C14H16ClN3OS/c1-8(6-11-5-4-9(2)20-11)16-14-12(7-19)13(15)17-10(3)18-14/h4-5,7-8H,6H2,1-3H3,(H,16,17,18). The van der Waals surface area contributed by atoms with Gasteiger partial charge in [0.1, 0.15) is 16.8 Å². The number of anilines is 1. The van der Waals surface area contributed by atoms with Gasteiger partial charge in [0.2, 0.25) is 0 Å². The zero-order valence-electron chi connectivity index (χ0n) is 11.6. The highest BCUT2D eigenvalue weighted by atomic mass is 35.5. The molecular formula is C14H16ClN3OS. The van der Waals surface area contributed by atoms with Gasteiger partial charge in [-0.05, 0) is 32.9 Å². The van der Waals surface area contributed by atoms with Gasteiger partial charge in [-0.25, -0.2) is 9.97 Å². The molecule has 0 fully saturated rings. The first-order chi connectivity index (χ1) is 9.49. The van der Waals surface area contributed by atoms with Gasteiger partial charge in [0, 0.05) is 22.2 Å². The lowest BCUT2D eigenvalue weighted by Crippen LogP contribution is -2.20. The SMILES string of the molecule is Cc1nc(Cl)c(C=O)c(NC(C)Cc2ccc(C)s2)n1. The lowest BCUT2D eigenvalue weighted by Gasteiger charge is -2.15. The minimum atomic E-state index is 0.150. The monoisotopic (exact) mass is 309 g/mol. The Kier molecular flexibility index (Phi) is 4.73. The first kappa shape index (κ1) is 14.9. The molecule has 2 rings (SSSR count). The van der Waals surface area contributed by atoms with Crippen LogP contribution in [0.15, 0.2) is 12.1 Å². The number of rotatable bonds is 5. The average molecular weight is 310 g/mol. The smallest absolute Gasteiger partial charge is 0.156 e. The number of nitrogens with zero attached hydrogens (tertiary/aromatic N) is 2. The van der Waals surface area contributed by atoms with E-state index in [0.29, 0.717) is 23.5 Å². The van der Waals surface area contributed by atoms with Gasteiger partial charge in [-0.1, -0.05) is 11.6 Å². The highest BCUT2D eigenvalue weighted by Crippen LogP contribution is 2.22. The molecule has 20 heavy (non-hydrogen) atoms. The Morgan fingerprint density at radius 2 is 2.15 bits per heavy atom. The molecule has 1 N–H and O–H groups in total. The van der Waals surface area contributed by atoms with Crippen LogP contribution in [0.2, 0.25) is 5.15 Å². The molecule has 4 nitrogen and oxygen atoms in total. The van der Waals surface area contributed by atoms with Crippen molar-refractivity contribution in [3.05, 3.63) is 38.4 Å². The number of aldehydes is 1. The van der Waals surface area contributed by atoms with Crippen molar-refractivity contribution < 1.29 is 4.79 Å². The van der Waals surface area contributed by atoms with E-state index < -0.39 is 0 Å². The summed E-state index contributed by atoms with van der Waals surface area (Å²) in [6.07, 6.45) is 1.56. The van der Waals surface area contributed by atoms with E-state index in [1.54, 1.807) is 18.3 Å². The molecule has 0 spiro atoms. The fraction of sp³-hybridized carbons (Fsp3) is 0.357. The average Bonchev–Trinajstić information content (AvgIpc) is 2.74. The Hall–Kier alpha value is -1.46. The molecule has 0 radical (unpaired) electrons. The molecule has 0 saturated heterocycles. The van der Waals surface area contributed by atoms with Crippen molar-refractivity contribution in [2.24, 2.45) is 0 Å². The Bertz CT molecular complexity index is 627. The quantitative estimate of drug-likeness (QED) is 0.676. The van der Waals surface area contributed by atoms with Crippen LogP contribution in [0, 0.1) is 13.8 Å². The van der Waals surface area contributed by atoms with Crippen LogP contribution in [0.25, 0.3) is 0 Å². The van der Waals surface area contributed by atoms with Crippen molar-refractivity contribution in [2.75, 3.05) is 5.32 Å². The fourth-order valence-electron chi connectivity index (χ4n) is 1.94. The maximum absolute atomic E-state index is 11.1. The maximum atomic E-state index is 11.1. The number of hydrogen-bond donors (Lipinski definition) is 1. The summed E-state index contributed by atoms with van der Waals surface area (Å²) in [5.74, 6) is 1.04. The topological polar surface area (TPSA) is 54.9 Å². The van der Waals surface area contributed by atoms with Crippen LogP contribution >= 0.6 is 22.9 Å². The summed E-state index contributed by atoms with van der Waals surface area (Å²) in [7, 11) is 0. The molecule has 1 unspecified atom stereocenters. The van der Waals surface area contributed by atoms with Crippen LogP contribution in [0.4, 0.5) is 5.82 Å². The molecule has 0 bridgehead atoms. The zero-order chi connectivity index (χ0) is 14.7. The van der Waals surface area contributed by atoms with Gasteiger partial charge in [-0.15, -0.1) is 11.3 Å². The largest absolute Gasteiger partial charge is 0.367 e. The molecule has 0 saturated carbocycles. The second kappa shape index (κ2) is 6.33. The molecule has 0 aromatic carbocycles. The van der Waals surface area contributed by atoms with E-state index in [4.69, 9.17) is 11.6 Å². The zero-order valence-corrected chi connectivity index (χ0v) is 13.2. The second-order valence-electron chi connectivity index (χ2n) is 4.70. The number of halogens is 1. The molecular weight excluding hydrogens is 294 g/mol. The van der Waals surface area contributed by atoms with Crippen LogP contribution in [-0.4, -0.2) is 22.3 Å². The van der Waals surface area contributed by atoms with Crippen molar-refractivity contribution in [2.45, 2.75) is 33.2 Å². The van der Waals surface area contributed by atoms with E-state index in [-0.39, 0.29) is 11.2 Å². The molecule has 1 atom stereocenters. The van der Waals surface area contributed by atoms with Crippen molar-refractivity contribution in [1.29, 1.82) is 0 Å². The summed E-state index contributed by atoms with van der Waals surface area (Å²) in [4.78, 5) is 21.9. The highest BCUT2D eigenvalue weighted by Gasteiger charge is 2.14. The Morgan fingerprint density at radius 1 is 1.40 bits per heavy atom. The summed E-state index contributed by atoms with van der Waals surface area (Å²) in [5.41, 5.74) is 0.312. The van der Waals surface area contributed by atoms with E-state index in [0.717, 1.165) is 6.42 Å². The molecule has 0 aliphatic heterocycles. The van der Waals surface area contributed by atoms with E-state index in [1.807, 2.05) is 0 Å². The number of thiophene rings is 1. The molecule has 0 aliphatic rings. The number of hydrogen-bond acceptors (Lipinski definition) is 5. The Balaban J connectivity index is 2.14. The summed E-state index contributed by atoms with van der Waals surface area (Å²) in [6, 6.07) is 4.38. The summed E-state index contributed by atoms with van der Waals surface area (Å²) < 4.78 is 0. The van der Waals surface area contributed by atoms with Crippen molar-refractivity contribution >= 4 is 35.0 Å². The van der Waals surface area contributed by atoms with Crippen molar-refractivity contribution in [3.8, 4) is 0 Å². The lowest BCUT2D eigenvalue weighted by atomic mass is 10.2. The number of aromatic nitrogens is 2. The molecule has 0 aliphatic carbocycles. The minimum absolute atomic E-state index is 0.150. The van der Waals surface area contributed by atoms with Crippen LogP contribution in [0.1, 0.15) is 32.9 Å². The molecule has 6 heteroatoms. The third-order valence-electron chi connectivity index (χ3n) is 2.82. The van der Waals surface area contributed by atoms with Gasteiger partial charge >= 0.3 is 0 Å². The van der Waals surface area contributed by atoms with E-state index in [2.05, 4.69) is 41.3 Å². The molecule has 2 heterocycles. The van der Waals surface area contributed by atoms with E-state index in [9.17, 15) is 4.79 Å². The van der Waals surface area contributed by atoms with E-state index >= 15 is 0 Å². The van der Waals surface area contributed by atoms with Gasteiger partial charge in [-0.3, -0.25) is 4.79 Å². The second-order valence-corrected chi connectivity index (χ2v) is 6.43. The predicted octanol–water partition coefficient (Wildman–Crippen LogP) is 3.66. The molecule has 2 aromatic heterocycles. The van der Waals surface area contributed by atoms with Gasteiger partial charge < -0.3 is 5.32 Å². The van der Waals surface area contributed by atoms with Crippen molar-refractivity contribution in [3.63, 3.8) is 0 Å². The first-order valence-corrected chi connectivity index (χ1v) is 7.50. The third kappa shape index (κ3) is 3.55. The summed E-state index contributed by atoms with van der Waals surface area (Å²) in [6.45, 7) is 5.89. The first-order valence-electron chi connectivity index (χ1n) is 6.30. The van der Waals surface area contributed by atoms with Crippen LogP contribution < -0.4 is 5.32 Å². The number of nitrogens with one attached hydrogen (secondary N) is 1. The van der Waals surface area contributed by atoms with Gasteiger partial charge in [0.15, 0.2) is 6.29 Å². The Labute approximate surface area is 127 Å². The lowest BCUT2D eigenvalue weighted by molar-refractivity contribution is 0.112. The minimum Gasteiger partial charge on any atom is -0.367 e. The van der Waals surface area contributed by atoms with Crippen molar-refractivity contribution in [1.82, 2.24) is 9.97 Å². The maximum Gasteiger partial charge on any atom is 0.156 e. The molecule has 2 aromatic rings. The third-order valence-corrected chi connectivity index (χ3v) is 4.13. The fourth-order valence-corrected chi connectivity index (χ4v) is 3.22. The van der Waals surface area contributed by atoms with Crippen LogP contribution in [0.3, 0.4) is 0 Å². The number of carbonyl (C=O) groups is 1. The predicted molar refractivity (Wildman–Crippen MR) is 83.0 cm³/mol. The Morgan fingerprint density at radius 3 is 2.75 bits per heavy atom. The normalized spacial score (nSPS) is 12.2. The van der Waals surface area contributed by atoms with Gasteiger partial charge in [0.05, 0.1) is 5.56 Å².